The second-order valence-corrected chi connectivity index (χ2v) is 5.94. The van der Waals surface area contributed by atoms with Crippen molar-refractivity contribution in [3.63, 3.8) is 0 Å². The van der Waals surface area contributed by atoms with E-state index in [4.69, 9.17) is 15.7 Å². The Labute approximate surface area is 154 Å². The van der Waals surface area contributed by atoms with Crippen LogP contribution in [-0.4, -0.2) is 34.9 Å². The molecule has 0 spiro atoms. The van der Waals surface area contributed by atoms with Crippen molar-refractivity contribution in [2.45, 2.75) is 32.7 Å². The van der Waals surface area contributed by atoms with Crippen LogP contribution < -0.4 is 10.5 Å². The Balaban J connectivity index is 2.01. The van der Waals surface area contributed by atoms with E-state index in [1.165, 1.54) is 0 Å². The summed E-state index contributed by atoms with van der Waals surface area (Å²) in [5, 5.41) is 9.08. The summed E-state index contributed by atoms with van der Waals surface area (Å²) in [4.78, 5) is 18.2. The van der Waals surface area contributed by atoms with Gasteiger partial charge in [0.05, 0.1) is 6.04 Å². The molecule has 6 heteroatoms. The predicted molar refractivity (Wildman–Crippen MR) is 99.7 cm³/mol. The van der Waals surface area contributed by atoms with Gasteiger partial charge in [0.15, 0.2) is 0 Å². The number of likely N-dealkylation sites (N-methyl/N-ethyl adjacent to an activating group) is 1. The number of hydrogen-bond acceptors (Lipinski definition) is 5. The molecule has 0 bridgehead atoms. The normalized spacial score (nSPS) is 11.5. The molecule has 2 N–H and O–H groups in total. The molecular formula is C20H24N4O2. The maximum absolute atomic E-state index is 12.4. The van der Waals surface area contributed by atoms with Crippen LogP contribution in [0.4, 0.5) is 0 Å². The number of hydrogen-bond donors (Lipinski definition) is 1. The van der Waals surface area contributed by atoms with E-state index in [0.717, 1.165) is 18.5 Å². The molecular weight excluding hydrogens is 328 g/mol. The third-order valence-electron chi connectivity index (χ3n) is 3.99. The van der Waals surface area contributed by atoms with Crippen molar-refractivity contribution in [3.05, 3.63) is 53.7 Å². The molecule has 1 amide bonds. The Morgan fingerprint density at radius 1 is 1.31 bits per heavy atom. The van der Waals surface area contributed by atoms with Crippen LogP contribution in [0.5, 0.6) is 11.6 Å². The molecule has 2 rings (SSSR count). The molecule has 1 atom stereocenters. The van der Waals surface area contributed by atoms with Gasteiger partial charge in [0.2, 0.25) is 11.8 Å². The first-order valence-corrected chi connectivity index (χ1v) is 8.75. The van der Waals surface area contributed by atoms with Crippen molar-refractivity contribution in [1.29, 1.82) is 5.26 Å². The number of nitrogens with zero attached hydrogens (tertiary/aromatic N) is 3. The summed E-state index contributed by atoms with van der Waals surface area (Å²) in [6.45, 7) is 5.39. The van der Waals surface area contributed by atoms with Gasteiger partial charge in [-0.05, 0) is 49.6 Å². The fraction of sp³-hybridized carbons (Fsp3) is 0.350. The summed E-state index contributed by atoms with van der Waals surface area (Å²) >= 11 is 0. The Morgan fingerprint density at radius 2 is 2.04 bits per heavy atom. The lowest BCUT2D eigenvalue weighted by molar-refractivity contribution is -0.132. The van der Waals surface area contributed by atoms with Crippen LogP contribution in [0.15, 0.2) is 42.6 Å². The molecule has 1 aromatic carbocycles. The molecule has 6 nitrogen and oxygen atoms in total. The summed E-state index contributed by atoms with van der Waals surface area (Å²) in [6.07, 6.45) is 2.95. The van der Waals surface area contributed by atoms with Crippen LogP contribution in [0.2, 0.25) is 0 Å². The van der Waals surface area contributed by atoms with Crippen molar-refractivity contribution in [2.75, 3.05) is 13.1 Å². The standard InChI is InChI=1S/C20H24N4O2/c1-3-12-24(4-2)20(25)18(22)13-15-7-9-17(10-8-15)26-19-16(14-21)6-5-11-23-19/h5-11,18H,3-4,12-13,22H2,1-2H3. The fourth-order valence-corrected chi connectivity index (χ4v) is 2.63. The molecule has 1 unspecified atom stereocenters. The highest BCUT2D eigenvalue weighted by Gasteiger charge is 2.19. The van der Waals surface area contributed by atoms with Crippen molar-refractivity contribution < 1.29 is 9.53 Å². The molecule has 0 saturated carbocycles. The second-order valence-electron chi connectivity index (χ2n) is 5.94. The molecule has 1 aromatic heterocycles. The van der Waals surface area contributed by atoms with Gasteiger partial charge in [0.25, 0.3) is 0 Å². The van der Waals surface area contributed by atoms with Crippen molar-refractivity contribution in [3.8, 4) is 17.7 Å². The molecule has 26 heavy (non-hydrogen) atoms. The summed E-state index contributed by atoms with van der Waals surface area (Å²) in [5.74, 6) is 0.819. The van der Waals surface area contributed by atoms with E-state index in [9.17, 15) is 4.79 Å². The Morgan fingerprint density at radius 3 is 2.65 bits per heavy atom. The fourth-order valence-electron chi connectivity index (χ4n) is 2.63. The first-order valence-electron chi connectivity index (χ1n) is 8.75. The SMILES string of the molecule is CCCN(CC)C(=O)C(N)Cc1ccc(Oc2ncccc2C#N)cc1. The number of benzene rings is 1. The number of nitrogens with two attached hydrogens (primary N) is 1. The van der Waals surface area contributed by atoms with Crippen molar-refractivity contribution in [1.82, 2.24) is 9.88 Å². The first kappa shape index (κ1) is 19.4. The van der Waals surface area contributed by atoms with Gasteiger partial charge in [0, 0.05) is 19.3 Å². The van der Waals surface area contributed by atoms with Crippen LogP contribution in [0, 0.1) is 11.3 Å². The maximum Gasteiger partial charge on any atom is 0.239 e. The highest BCUT2D eigenvalue weighted by atomic mass is 16.5. The molecule has 0 saturated heterocycles. The number of carbonyl (C=O) groups excluding carboxylic acids is 1. The summed E-state index contributed by atoms with van der Waals surface area (Å²) < 4.78 is 5.66. The Kier molecular flexibility index (Phi) is 7.12. The molecule has 0 radical (unpaired) electrons. The minimum absolute atomic E-state index is 0.0261. The quantitative estimate of drug-likeness (QED) is 0.788. The largest absolute Gasteiger partial charge is 0.438 e. The average Bonchev–Trinajstić information content (AvgIpc) is 2.67. The van der Waals surface area contributed by atoms with Crippen LogP contribution in [0.3, 0.4) is 0 Å². The van der Waals surface area contributed by atoms with E-state index < -0.39 is 6.04 Å². The Bertz CT molecular complexity index is 768. The van der Waals surface area contributed by atoms with E-state index >= 15 is 0 Å². The number of rotatable bonds is 8. The van der Waals surface area contributed by atoms with Gasteiger partial charge >= 0.3 is 0 Å². The number of pyridine rings is 1. The molecule has 0 fully saturated rings. The first-order chi connectivity index (χ1) is 12.6. The second kappa shape index (κ2) is 9.54. The van der Waals surface area contributed by atoms with Gasteiger partial charge in [-0.25, -0.2) is 4.98 Å². The molecule has 0 aliphatic rings. The van der Waals surface area contributed by atoms with Crippen LogP contribution >= 0.6 is 0 Å². The number of aromatic nitrogens is 1. The van der Waals surface area contributed by atoms with Crippen molar-refractivity contribution in [2.24, 2.45) is 5.73 Å². The predicted octanol–water partition coefficient (Wildman–Crippen LogP) is 2.87. The number of amides is 1. The minimum atomic E-state index is -0.561. The molecule has 0 aliphatic carbocycles. The van der Waals surface area contributed by atoms with Gasteiger partial charge in [-0.15, -0.1) is 0 Å². The van der Waals surface area contributed by atoms with Gasteiger partial charge in [0.1, 0.15) is 17.4 Å². The average molecular weight is 352 g/mol. The third-order valence-corrected chi connectivity index (χ3v) is 3.99. The zero-order chi connectivity index (χ0) is 18.9. The monoisotopic (exact) mass is 352 g/mol. The highest BCUT2D eigenvalue weighted by molar-refractivity contribution is 5.82. The zero-order valence-corrected chi connectivity index (χ0v) is 15.2. The van der Waals surface area contributed by atoms with Gasteiger partial charge in [-0.2, -0.15) is 5.26 Å². The molecule has 0 aliphatic heterocycles. The minimum Gasteiger partial charge on any atom is -0.438 e. The number of carbonyl (C=O) groups is 1. The van der Waals surface area contributed by atoms with Crippen LogP contribution in [0.1, 0.15) is 31.4 Å². The summed E-state index contributed by atoms with van der Waals surface area (Å²) in [5.41, 5.74) is 7.41. The topological polar surface area (TPSA) is 92.2 Å². The van der Waals surface area contributed by atoms with Crippen LogP contribution in [-0.2, 0) is 11.2 Å². The van der Waals surface area contributed by atoms with E-state index in [2.05, 4.69) is 4.98 Å². The third kappa shape index (κ3) is 5.04. The molecule has 2 aromatic rings. The lowest BCUT2D eigenvalue weighted by Crippen LogP contribution is -2.45. The molecule has 1 heterocycles. The van der Waals surface area contributed by atoms with E-state index in [1.807, 2.05) is 32.0 Å². The van der Waals surface area contributed by atoms with Gasteiger partial charge in [-0.1, -0.05) is 19.1 Å². The lowest BCUT2D eigenvalue weighted by Gasteiger charge is -2.23. The number of ether oxygens (including phenoxy) is 1. The smallest absolute Gasteiger partial charge is 0.239 e. The van der Waals surface area contributed by atoms with Crippen molar-refractivity contribution >= 4 is 5.91 Å². The zero-order valence-electron chi connectivity index (χ0n) is 15.2. The highest BCUT2D eigenvalue weighted by Crippen LogP contribution is 2.23. The summed E-state index contributed by atoms with van der Waals surface area (Å²) in [6, 6.07) is 12.1. The van der Waals surface area contributed by atoms with E-state index in [1.54, 1.807) is 35.4 Å². The Hall–Kier alpha value is -2.91. The lowest BCUT2D eigenvalue weighted by atomic mass is 10.1. The number of nitriles is 1. The summed E-state index contributed by atoms with van der Waals surface area (Å²) in [7, 11) is 0. The van der Waals surface area contributed by atoms with Crippen LogP contribution in [0.25, 0.3) is 0 Å². The maximum atomic E-state index is 12.4. The van der Waals surface area contributed by atoms with Gasteiger partial charge < -0.3 is 15.4 Å². The van der Waals surface area contributed by atoms with Gasteiger partial charge in [-0.3, -0.25) is 4.79 Å². The van der Waals surface area contributed by atoms with E-state index in [-0.39, 0.29) is 11.8 Å². The molecule has 136 valence electrons. The van der Waals surface area contributed by atoms with E-state index in [0.29, 0.717) is 24.3 Å².